The summed E-state index contributed by atoms with van der Waals surface area (Å²) >= 11 is 0. The van der Waals surface area contributed by atoms with Crippen molar-refractivity contribution in [1.29, 1.82) is 0 Å². The standard InChI is InChI=1S/C27H32FN7O2/c1-18-3-4-20(15-19(18)2)23-16-24-26-30-35(27(37)33(26)13-14-34(24)29-23)17-25(36)32-11-9-31(10-12-32)22-7-5-21(28)6-8-22/h3-8,13-15,23-24,26,29-30H,9-12,16-17H2,1-2H3. The van der Waals surface area contributed by atoms with Crippen LogP contribution in [0.5, 0.6) is 0 Å². The van der Waals surface area contributed by atoms with E-state index < -0.39 is 0 Å². The summed E-state index contributed by atoms with van der Waals surface area (Å²) in [6, 6.07) is 12.9. The molecule has 0 aromatic heterocycles. The lowest BCUT2D eigenvalue weighted by atomic mass is 9.97. The molecule has 6 rings (SSSR count). The largest absolute Gasteiger partial charge is 0.368 e. The van der Waals surface area contributed by atoms with Gasteiger partial charge in [0.25, 0.3) is 0 Å². The normalized spacial score (nSPS) is 25.1. The minimum Gasteiger partial charge on any atom is -0.368 e. The van der Waals surface area contributed by atoms with Gasteiger partial charge in [0.1, 0.15) is 18.5 Å². The Labute approximate surface area is 216 Å². The van der Waals surface area contributed by atoms with Crippen LogP contribution in [0.15, 0.2) is 54.9 Å². The monoisotopic (exact) mass is 505 g/mol. The fraction of sp³-hybridized carbons (Fsp3) is 0.407. The minimum atomic E-state index is -0.260. The van der Waals surface area contributed by atoms with Crippen molar-refractivity contribution >= 4 is 17.6 Å². The topological polar surface area (TPSA) is 74.4 Å². The van der Waals surface area contributed by atoms with E-state index in [1.54, 1.807) is 28.1 Å². The summed E-state index contributed by atoms with van der Waals surface area (Å²) in [4.78, 5) is 31.8. The third-order valence-electron chi connectivity index (χ3n) is 7.98. The van der Waals surface area contributed by atoms with Crippen LogP contribution < -0.4 is 15.8 Å². The van der Waals surface area contributed by atoms with E-state index in [0.29, 0.717) is 26.2 Å². The summed E-state index contributed by atoms with van der Waals surface area (Å²) in [5, 5.41) is 3.51. The molecule has 3 amide bonds. The molecular weight excluding hydrogens is 473 g/mol. The van der Waals surface area contributed by atoms with Crippen LogP contribution in [0, 0.1) is 19.7 Å². The molecule has 9 nitrogen and oxygen atoms in total. The number of hydrazine groups is 2. The van der Waals surface area contributed by atoms with Gasteiger partial charge in [0, 0.05) is 44.3 Å². The first-order valence-corrected chi connectivity index (χ1v) is 12.8. The quantitative estimate of drug-likeness (QED) is 0.665. The Balaban J connectivity index is 1.06. The fourth-order valence-corrected chi connectivity index (χ4v) is 5.63. The number of hydrogen-bond acceptors (Lipinski definition) is 6. The van der Waals surface area contributed by atoms with E-state index in [2.05, 4.69) is 52.8 Å². The smallest absolute Gasteiger partial charge is 0.340 e. The second-order valence-electron chi connectivity index (χ2n) is 10.2. The summed E-state index contributed by atoms with van der Waals surface area (Å²) in [6.07, 6.45) is 4.27. The van der Waals surface area contributed by atoms with E-state index in [1.807, 2.05) is 6.20 Å². The highest BCUT2D eigenvalue weighted by atomic mass is 19.1. The molecule has 4 aliphatic heterocycles. The molecule has 3 fully saturated rings. The van der Waals surface area contributed by atoms with Crippen LogP contribution in [0.4, 0.5) is 14.9 Å². The van der Waals surface area contributed by atoms with Crippen LogP contribution in [-0.2, 0) is 4.79 Å². The number of nitrogens with zero attached hydrogens (tertiary/aromatic N) is 5. The zero-order valence-corrected chi connectivity index (χ0v) is 21.1. The first-order valence-electron chi connectivity index (χ1n) is 12.8. The molecule has 3 saturated heterocycles. The molecule has 194 valence electrons. The molecule has 37 heavy (non-hydrogen) atoms. The van der Waals surface area contributed by atoms with E-state index in [1.165, 1.54) is 33.8 Å². The van der Waals surface area contributed by atoms with Gasteiger partial charge in [0.05, 0.1) is 12.1 Å². The highest BCUT2D eigenvalue weighted by molar-refractivity contribution is 5.85. The van der Waals surface area contributed by atoms with Crippen molar-refractivity contribution in [3.05, 3.63) is 77.4 Å². The Morgan fingerprint density at radius 2 is 1.73 bits per heavy atom. The second-order valence-corrected chi connectivity index (χ2v) is 10.2. The molecule has 3 atom stereocenters. The first kappa shape index (κ1) is 23.7. The Kier molecular flexibility index (Phi) is 6.00. The number of carbonyl (C=O) groups excluding carboxylic acids is 2. The number of hydrogen-bond donors (Lipinski definition) is 2. The van der Waals surface area contributed by atoms with E-state index in [9.17, 15) is 14.0 Å². The van der Waals surface area contributed by atoms with Crippen molar-refractivity contribution in [2.45, 2.75) is 38.5 Å². The molecule has 3 unspecified atom stereocenters. The van der Waals surface area contributed by atoms with Gasteiger partial charge in [-0.3, -0.25) is 9.69 Å². The van der Waals surface area contributed by atoms with Gasteiger partial charge >= 0.3 is 6.03 Å². The maximum atomic E-state index is 13.2. The highest BCUT2D eigenvalue weighted by Gasteiger charge is 2.48. The van der Waals surface area contributed by atoms with Crippen molar-refractivity contribution in [3.63, 3.8) is 0 Å². The molecule has 10 heteroatoms. The van der Waals surface area contributed by atoms with E-state index >= 15 is 0 Å². The average molecular weight is 506 g/mol. The minimum absolute atomic E-state index is 0.0169. The number of anilines is 1. The first-order chi connectivity index (χ1) is 17.9. The Morgan fingerprint density at radius 3 is 2.46 bits per heavy atom. The van der Waals surface area contributed by atoms with Crippen molar-refractivity contribution in [1.82, 2.24) is 30.7 Å². The lowest BCUT2D eigenvalue weighted by molar-refractivity contribution is -0.132. The number of fused-ring (bicyclic) bond motifs is 3. The zero-order chi connectivity index (χ0) is 25.7. The van der Waals surface area contributed by atoms with Gasteiger partial charge in [-0.1, -0.05) is 18.2 Å². The zero-order valence-electron chi connectivity index (χ0n) is 21.1. The molecule has 0 spiro atoms. The Bertz CT molecular complexity index is 1230. The van der Waals surface area contributed by atoms with Gasteiger partial charge < -0.3 is 14.8 Å². The highest BCUT2D eigenvalue weighted by Crippen LogP contribution is 2.35. The molecule has 4 aliphatic rings. The molecule has 0 aliphatic carbocycles. The third kappa shape index (κ3) is 4.40. The van der Waals surface area contributed by atoms with Crippen LogP contribution in [-0.4, -0.2) is 76.7 Å². The summed E-state index contributed by atoms with van der Waals surface area (Å²) < 4.78 is 13.2. The van der Waals surface area contributed by atoms with Crippen molar-refractivity contribution in [2.75, 3.05) is 37.6 Å². The third-order valence-corrected chi connectivity index (χ3v) is 7.98. The van der Waals surface area contributed by atoms with E-state index in [-0.39, 0.29) is 42.5 Å². The number of carbonyl (C=O) groups is 2. The number of halogens is 1. The predicted octanol–water partition coefficient (Wildman–Crippen LogP) is 2.46. The summed E-state index contributed by atoms with van der Waals surface area (Å²) in [6.45, 7) is 6.67. The van der Waals surface area contributed by atoms with Crippen LogP contribution in [0.2, 0.25) is 0 Å². The number of amides is 3. The maximum Gasteiger partial charge on any atom is 0.340 e. The molecular formula is C27H32FN7O2. The van der Waals surface area contributed by atoms with E-state index in [0.717, 1.165) is 12.1 Å². The van der Waals surface area contributed by atoms with Gasteiger partial charge in [0.15, 0.2) is 0 Å². The number of aryl methyl sites for hydroxylation is 2. The summed E-state index contributed by atoms with van der Waals surface area (Å²) in [5.41, 5.74) is 11.6. The number of benzene rings is 2. The van der Waals surface area contributed by atoms with Crippen molar-refractivity contribution in [2.24, 2.45) is 0 Å². The lowest BCUT2D eigenvalue weighted by Gasteiger charge is -2.36. The maximum absolute atomic E-state index is 13.2. The molecule has 2 aromatic rings. The van der Waals surface area contributed by atoms with Crippen LogP contribution in [0.1, 0.15) is 29.2 Å². The van der Waals surface area contributed by atoms with Gasteiger partial charge in [-0.05, 0) is 61.2 Å². The van der Waals surface area contributed by atoms with E-state index in [4.69, 9.17) is 0 Å². The second kappa shape index (κ2) is 9.35. The number of urea groups is 1. The molecule has 0 saturated carbocycles. The number of piperazine rings is 1. The van der Waals surface area contributed by atoms with Crippen molar-refractivity contribution in [3.8, 4) is 0 Å². The Hall–Kier alpha value is -3.63. The average Bonchev–Trinajstić information content (AvgIpc) is 3.48. The van der Waals surface area contributed by atoms with Crippen LogP contribution >= 0.6 is 0 Å². The number of nitrogens with one attached hydrogen (secondary N) is 2. The summed E-state index contributed by atoms with van der Waals surface area (Å²) in [7, 11) is 0. The molecule has 0 radical (unpaired) electrons. The number of rotatable bonds is 4. The molecule has 0 bridgehead atoms. The SMILES string of the molecule is Cc1ccc(C2CC3C4NN(CC(=O)N5CCN(c6ccc(F)cc6)CC5)C(=O)N4C=CN3N2)cc1C. The van der Waals surface area contributed by atoms with Gasteiger partial charge in [-0.25, -0.2) is 25.0 Å². The van der Waals surface area contributed by atoms with Crippen LogP contribution in [0.3, 0.4) is 0 Å². The van der Waals surface area contributed by atoms with Gasteiger partial charge in [-0.2, -0.15) is 0 Å². The fourth-order valence-electron chi connectivity index (χ4n) is 5.63. The van der Waals surface area contributed by atoms with Crippen LogP contribution in [0.25, 0.3) is 0 Å². The lowest BCUT2D eigenvalue weighted by Crippen LogP contribution is -2.55. The van der Waals surface area contributed by atoms with Gasteiger partial charge in [0.2, 0.25) is 5.91 Å². The molecule has 2 N–H and O–H groups in total. The van der Waals surface area contributed by atoms with Gasteiger partial charge in [-0.15, -0.1) is 0 Å². The Morgan fingerprint density at radius 1 is 0.973 bits per heavy atom. The molecule has 4 heterocycles. The van der Waals surface area contributed by atoms with Crippen molar-refractivity contribution < 1.29 is 14.0 Å². The predicted molar refractivity (Wildman–Crippen MR) is 137 cm³/mol. The summed E-state index contributed by atoms with van der Waals surface area (Å²) in [5.74, 6) is -0.346. The molecule has 2 aromatic carbocycles.